The van der Waals surface area contributed by atoms with Crippen molar-refractivity contribution in [1.82, 2.24) is 0 Å². The lowest BCUT2D eigenvalue weighted by atomic mass is 9.87. The molecule has 0 radical (unpaired) electrons. The third kappa shape index (κ3) is 4.66. The van der Waals surface area contributed by atoms with Crippen molar-refractivity contribution >= 4 is 0 Å². The molecule has 0 N–H and O–H groups in total. The summed E-state index contributed by atoms with van der Waals surface area (Å²) >= 11 is 0. The van der Waals surface area contributed by atoms with Gasteiger partial charge in [-0.25, -0.2) is 0 Å². The van der Waals surface area contributed by atoms with Crippen LogP contribution in [0.15, 0.2) is 66.7 Å². The average molecular weight is 346 g/mol. The minimum Gasteiger partial charge on any atom is -0.457 e. The summed E-state index contributed by atoms with van der Waals surface area (Å²) in [4.78, 5) is 0. The fourth-order valence-electron chi connectivity index (χ4n) is 2.86. The Bertz CT molecular complexity index is 849. The average Bonchev–Trinajstić information content (AvgIpc) is 2.55. The van der Waals surface area contributed by atoms with Gasteiger partial charge in [-0.2, -0.15) is 0 Å². The molecular weight excluding hydrogens is 320 g/mol. The van der Waals surface area contributed by atoms with Crippen LogP contribution >= 0.6 is 0 Å². The summed E-state index contributed by atoms with van der Waals surface area (Å²) in [6, 6.07) is 22.2. The summed E-state index contributed by atoms with van der Waals surface area (Å²) in [6.07, 6.45) is 0. The lowest BCUT2D eigenvalue weighted by molar-refractivity contribution is 0.468. The van der Waals surface area contributed by atoms with Crippen LogP contribution in [0.3, 0.4) is 0 Å². The van der Waals surface area contributed by atoms with Gasteiger partial charge in [-0.3, -0.25) is 0 Å². The van der Waals surface area contributed by atoms with E-state index in [0.29, 0.717) is 0 Å². The van der Waals surface area contributed by atoms with E-state index >= 15 is 0 Å². The summed E-state index contributed by atoms with van der Waals surface area (Å²) < 4.78 is 11.9. The molecule has 134 valence electrons. The van der Waals surface area contributed by atoms with Gasteiger partial charge >= 0.3 is 0 Å². The predicted molar refractivity (Wildman–Crippen MR) is 108 cm³/mol. The molecule has 0 amide bonds. The summed E-state index contributed by atoms with van der Waals surface area (Å²) in [5.41, 5.74) is 3.82. The van der Waals surface area contributed by atoms with Gasteiger partial charge in [0.2, 0.25) is 0 Å². The molecule has 3 rings (SSSR count). The van der Waals surface area contributed by atoms with Gasteiger partial charge in [-0.1, -0.05) is 39.0 Å². The molecular formula is C24H26O2. The molecule has 0 aliphatic heterocycles. The van der Waals surface area contributed by atoms with E-state index in [9.17, 15) is 0 Å². The Morgan fingerprint density at radius 1 is 0.538 bits per heavy atom. The van der Waals surface area contributed by atoms with Gasteiger partial charge in [0.15, 0.2) is 0 Å². The van der Waals surface area contributed by atoms with Gasteiger partial charge in [0.25, 0.3) is 0 Å². The summed E-state index contributed by atoms with van der Waals surface area (Å²) in [5, 5.41) is 0. The first-order valence-electron chi connectivity index (χ1n) is 8.94. The van der Waals surface area contributed by atoms with E-state index in [1.54, 1.807) is 0 Å². The lowest BCUT2D eigenvalue weighted by Crippen LogP contribution is -2.10. The molecule has 3 aromatic rings. The summed E-state index contributed by atoms with van der Waals surface area (Å²) in [5.74, 6) is 3.28. The molecule has 0 aliphatic carbocycles. The Morgan fingerprint density at radius 2 is 0.923 bits per heavy atom. The van der Waals surface area contributed by atoms with Crippen LogP contribution in [-0.2, 0) is 5.41 Å². The number of hydrogen-bond donors (Lipinski definition) is 0. The molecule has 2 heteroatoms. The number of rotatable bonds is 4. The predicted octanol–water partition coefficient (Wildman–Crippen LogP) is 7.19. The molecule has 0 saturated heterocycles. The summed E-state index contributed by atoms with van der Waals surface area (Å²) in [6.45, 7) is 10.8. The smallest absolute Gasteiger partial charge is 0.127 e. The Hall–Kier alpha value is -2.74. The molecule has 0 bridgehead atoms. The first kappa shape index (κ1) is 18.1. The van der Waals surface area contributed by atoms with Crippen LogP contribution in [0.1, 0.15) is 37.5 Å². The van der Waals surface area contributed by atoms with Gasteiger partial charge < -0.3 is 9.47 Å². The van der Waals surface area contributed by atoms with Crippen LogP contribution in [-0.4, -0.2) is 0 Å². The van der Waals surface area contributed by atoms with E-state index in [4.69, 9.17) is 9.47 Å². The second kappa shape index (κ2) is 7.25. The number of benzene rings is 3. The fourth-order valence-corrected chi connectivity index (χ4v) is 2.86. The van der Waals surface area contributed by atoms with Crippen molar-refractivity contribution < 1.29 is 9.47 Å². The third-order valence-electron chi connectivity index (χ3n) is 4.21. The molecule has 0 atom stereocenters. The number of hydrogen-bond acceptors (Lipinski definition) is 2. The molecule has 0 aliphatic rings. The standard InChI is InChI=1S/C24H26O2/c1-17-14-18(2)16-23(15-17)26-22-12-10-21(11-13-22)25-20-8-6-19(7-9-20)24(3,4)5/h6-16H,1-5H3. The lowest BCUT2D eigenvalue weighted by Gasteiger charge is -2.19. The molecule has 26 heavy (non-hydrogen) atoms. The highest BCUT2D eigenvalue weighted by molar-refractivity contribution is 5.40. The van der Waals surface area contributed by atoms with E-state index in [-0.39, 0.29) is 5.41 Å². The maximum Gasteiger partial charge on any atom is 0.127 e. The van der Waals surface area contributed by atoms with Gasteiger partial charge in [0.05, 0.1) is 0 Å². The minimum atomic E-state index is 0.145. The highest BCUT2D eigenvalue weighted by atomic mass is 16.5. The van der Waals surface area contributed by atoms with Crippen molar-refractivity contribution in [2.75, 3.05) is 0 Å². The Balaban J connectivity index is 1.67. The second-order valence-electron chi connectivity index (χ2n) is 7.77. The first-order valence-corrected chi connectivity index (χ1v) is 8.94. The maximum atomic E-state index is 5.94. The van der Waals surface area contributed by atoms with Crippen LogP contribution in [0, 0.1) is 13.8 Å². The molecule has 0 spiro atoms. The van der Waals surface area contributed by atoms with Crippen molar-refractivity contribution in [2.45, 2.75) is 40.0 Å². The third-order valence-corrected chi connectivity index (χ3v) is 4.21. The van der Waals surface area contributed by atoms with Crippen molar-refractivity contribution in [2.24, 2.45) is 0 Å². The topological polar surface area (TPSA) is 18.5 Å². The van der Waals surface area contributed by atoms with E-state index in [1.165, 1.54) is 16.7 Å². The Kier molecular flexibility index (Phi) is 5.03. The zero-order chi connectivity index (χ0) is 18.7. The van der Waals surface area contributed by atoms with Crippen molar-refractivity contribution in [3.05, 3.63) is 83.4 Å². The molecule has 0 heterocycles. The fraction of sp³-hybridized carbons (Fsp3) is 0.250. The second-order valence-corrected chi connectivity index (χ2v) is 7.77. The molecule has 3 aromatic carbocycles. The van der Waals surface area contributed by atoms with E-state index in [1.807, 2.05) is 48.5 Å². The van der Waals surface area contributed by atoms with Gasteiger partial charge in [0.1, 0.15) is 23.0 Å². The van der Waals surface area contributed by atoms with E-state index in [0.717, 1.165) is 23.0 Å². The zero-order valence-corrected chi connectivity index (χ0v) is 16.2. The molecule has 0 aromatic heterocycles. The van der Waals surface area contributed by atoms with E-state index in [2.05, 4.69) is 52.8 Å². The number of ether oxygens (including phenoxy) is 2. The largest absolute Gasteiger partial charge is 0.457 e. The maximum absolute atomic E-state index is 5.94. The molecule has 0 unspecified atom stereocenters. The Morgan fingerprint density at radius 3 is 1.35 bits per heavy atom. The SMILES string of the molecule is Cc1cc(C)cc(Oc2ccc(Oc3ccc(C(C)(C)C)cc3)cc2)c1. The van der Waals surface area contributed by atoms with Gasteiger partial charge in [-0.15, -0.1) is 0 Å². The highest BCUT2D eigenvalue weighted by Crippen LogP contribution is 2.29. The Labute approximate surface area is 156 Å². The normalized spacial score (nSPS) is 11.3. The monoisotopic (exact) mass is 346 g/mol. The first-order chi connectivity index (χ1) is 12.3. The quantitative estimate of drug-likeness (QED) is 0.498. The van der Waals surface area contributed by atoms with Crippen LogP contribution in [0.4, 0.5) is 0 Å². The van der Waals surface area contributed by atoms with Gasteiger partial charge in [-0.05, 0) is 84.5 Å². The van der Waals surface area contributed by atoms with Crippen LogP contribution in [0.2, 0.25) is 0 Å². The van der Waals surface area contributed by atoms with Crippen molar-refractivity contribution in [3.8, 4) is 23.0 Å². The van der Waals surface area contributed by atoms with Gasteiger partial charge in [0, 0.05) is 0 Å². The summed E-state index contributed by atoms with van der Waals surface area (Å²) in [7, 11) is 0. The van der Waals surface area contributed by atoms with Crippen LogP contribution in [0.5, 0.6) is 23.0 Å². The number of aryl methyl sites for hydroxylation is 2. The minimum absolute atomic E-state index is 0.145. The van der Waals surface area contributed by atoms with Crippen molar-refractivity contribution in [1.29, 1.82) is 0 Å². The molecule has 0 saturated carbocycles. The highest BCUT2D eigenvalue weighted by Gasteiger charge is 2.13. The molecule has 0 fully saturated rings. The van der Waals surface area contributed by atoms with Crippen LogP contribution < -0.4 is 9.47 Å². The molecule has 2 nitrogen and oxygen atoms in total. The van der Waals surface area contributed by atoms with Crippen LogP contribution in [0.25, 0.3) is 0 Å². The van der Waals surface area contributed by atoms with E-state index < -0.39 is 0 Å². The zero-order valence-electron chi connectivity index (χ0n) is 16.2. The van der Waals surface area contributed by atoms with Crippen molar-refractivity contribution in [3.63, 3.8) is 0 Å².